The summed E-state index contributed by atoms with van der Waals surface area (Å²) in [4.78, 5) is 0. The maximum Gasteiger partial charge on any atom is 0.152 e. The number of aromatic nitrogens is 4. The summed E-state index contributed by atoms with van der Waals surface area (Å²) in [6.45, 7) is 4.68. The van der Waals surface area contributed by atoms with Crippen LogP contribution >= 0.6 is 0 Å². The fraction of sp³-hybridized carbons (Fsp3) is 0.538. The van der Waals surface area contributed by atoms with Crippen molar-refractivity contribution < 1.29 is 5.11 Å². The topological polar surface area (TPSA) is 55.9 Å². The minimum Gasteiger partial charge on any atom is -0.388 e. The van der Waals surface area contributed by atoms with Crippen LogP contribution in [-0.4, -0.2) is 24.4 Å². The summed E-state index contributed by atoms with van der Waals surface area (Å²) < 4.78 is 4.00. The molecule has 0 fully saturated rings. The molecule has 0 spiro atoms. The van der Waals surface area contributed by atoms with Crippen LogP contribution in [-0.2, 0) is 13.6 Å². The summed E-state index contributed by atoms with van der Waals surface area (Å²) in [6.07, 6.45) is 5.36. The van der Waals surface area contributed by atoms with E-state index in [-0.39, 0.29) is 6.10 Å². The third-order valence-corrected chi connectivity index (χ3v) is 3.23. The van der Waals surface area contributed by atoms with Crippen molar-refractivity contribution in [1.82, 2.24) is 19.3 Å². The van der Waals surface area contributed by atoms with Gasteiger partial charge in [-0.1, -0.05) is 13.3 Å². The fourth-order valence-electron chi connectivity index (χ4n) is 1.95. The Balaban J connectivity index is 2.09. The zero-order valence-corrected chi connectivity index (χ0v) is 11.2. The van der Waals surface area contributed by atoms with E-state index in [0.717, 1.165) is 30.1 Å². The SMILES string of the molecule is CCCC(O)c1ccn(Cc2nnc(C)n2C)c1. The standard InChI is InChI=1S/C13H20N4O/c1-4-5-12(18)11-6-7-17(8-11)9-13-15-14-10(2)16(13)3/h6-8,12,18H,4-5,9H2,1-3H3. The molecule has 0 amide bonds. The summed E-state index contributed by atoms with van der Waals surface area (Å²) in [6, 6.07) is 1.96. The second-order valence-electron chi connectivity index (χ2n) is 4.64. The van der Waals surface area contributed by atoms with E-state index in [4.69, 9.17) is 0 Å². The van der Waals surface area contributed by atoms with Gasteiger partial charge in [0.15, 0.2) is 5.82 Å². The quantitative estimate of drug-likeness (QED) is 0.878. The second-order valence-corrected chi connectivity index (χ2v) is 4.64. The maximum atomic E-state index is 9.91. The zero-order chi connectivity index (χ0) is 13.1. The number of hydrogen-bond acceptors (Lipinski definition) is 3. The Morgan fingerprint density at radius 1 is 1.39 bits per heavy atom. The van der Waals surface area contributed by atoms with Crippen molar-refractivity contribution in [3.05, 3.63) is 35.7 Å². The van der Waals surface area contributed by atoms with Gasteiger partial charge in [0.1, 0.15) is 5.82 Å². The minimum atomic E-state index is -0.363. The molecule has 98 valence electrons. The Morgan fingerprint density at radius 3 is 2.78 bits per heavy atom. The number of aliphatic hydroxyl groups excluding tert-OH is 1. The average molecular weight is 248 g/mol. The smallest absolute Gasteiger partial charge is 0.152 e. The van der Waals surface area contributed by atoms with Gasteiger partial charge in [-0.15, -0.1) is 10.2 Å². The Labute approximate surface area is 107 Å². The number of aliphatic hydroxyl groups is 1. The van der Waals surface area contributed by atoms with Crippen LogP contribution in [0.2, 0.25) is 0 Å². The van der Waals surface area contributed by atoms with E-state index in [0.29, 0.717) is 6.54 Å². The summed E-state index contributed by atoms with van der Waals surface area (Å²) in [5.41, 5.74) is 0.968. The molecule has 2 heterocycles. The van der Waals surface area contributed by atoms with Crippen LogP contribution in [0.4, 0.5) is 0 Å². The van der Waals surface area contributed by atoms with Crippen molar-refractivity contribution in [2.24, 2.45) is 7.05 Å². The maximum absolute atomic E-state index is 9.91. The van der Waals surface area contributed by atoms with Crippen LogP contribution in [0.15, 0.2) is 18.5 Å². The lowest BCUT2D eigenvalue weighted by Gasteiger charge is -2.06. The molecule has 0 aliphatic heterocycles. The number of rotatable bonds is 5. The van der Waals surface area contributed by atoms with E-state index in [1.165, 1.54) is 0 Å². The molecule has 2 aromatic heterocycles. The monoisotopic (exact) mass is 248 g/mol. The minimum absolute atomic E-state index is 0.363. The molecular weight excluding hydrogens is 228 g/mol. The summed E-state index contributed by atoms with van der Waals surface area (Å²) in [7, 11) is 1.96. The second kappa shape index (κ2) is 5.35. The molecule has 1 unspecified atom stereocenters. The average Bonchev–Trinajstić information content (AvgIpc) is 2.92. The van der Waals surface area contributed by atoms with Crippen LogP contribution in [0, 0.1) is 6.92 Å². The van der Waals surface area contributed by atoms with E-state index in [1.807, 2.05) is 41.6 Å². The van der Waals surface area contributed by atoms with Gasteiger partial charge in [-0.05, 0) is 25.0 Å². The van der Waals surface area contributed by atoms with Gasteiger partial charge in [-0.25, -0.2) is 0 Å². The van der Waals surface area contributed by atoms with Crippen LogP contribution in [0.25, 0.3) is 0 Å². The highest BCUT2D eigenvalue weighted by Gasteiger charge is 2.10. The Kier molecular flexibility index (Phi) is 3.81. The first-order chi connectivity index (χ1) is 8.61. The van der Waals surface area contributed by atoms with E-state index in [1.54, 1.807) is 0 Å². The van der Waals surface area contributed by atoms with Gasteiger partial charge >= 0.3 is 0 Å². The zero-order valence-electron chi connectivity index (χ0n) is 11.2. The van der Waals surface area contributed by atoms with Gasteiger partial charge in [-0.2, -0.15) is 0 Å². The molecule has 0 radical (unpaired) electrons. The van der Waals surface area contributed by atoms with Crippen molar-refractivity contribution in [1.29, 1.82) is 0 Å². The first kappa shape index (κ1) is 12.8. The highest BCUT2D eigenvalue weighted by atomic mass is 16.3. The third-order valence-electron chi connectivity index (χ3n) is 3.23. The molecule has 2 rings (SSSR count). The van der Waals surface area contributed by atoms with Gasteiger partial charge in [0, 0.05) is 19.4 Å². The molecule has 2 aromatic rings. The lowest BCUT2D eigenvalue weighted by atomic mass is 10.1. The van der Waals surface area contributed by atoms with E-state index in [2.05, 4.69) is 17.1 Å². The van der Waals surface area contributed by atoms with Crippen LogP contribution in [0.1, 0.15) is 43.1 Å². The number of hydrogen-bond donors (Lipinski definition) is 1. The van der Waals surface area contributed by atoms with Crippen molar-refractivity contribution >= 4 is 0 Å². The third kappa shape index (κ3) is 2.61. The van der Waals surface area contributed by atoms with Crippen LogP contribution < -0.4 is 0 Å². The van der Waals surface area contributed by atoms with Crippen LogP contribution in [0.5, 0.6) is 0 Å². The first-order valence-electron chi connectivity index (χ1n) is 6.30. The molecule has 18 heavy (non-hydrogen) atoms. The molecule has 1 atom stereocenters. The predicted octanol–water partition coefficient (Wildman–Crippen LogP) is 1.81. The molecule has 1 N–H and O–H groups in total. The van der Waals surface area contributed by atoms with Gasteiger partial charge in [0.25, 0.3) is 0 Å². The largest absolute Gasteiger partial charge is 0.388 e. The lowest BCUT2D eigenvalue weighted by Crippen LogP contribution is -2.05. The van der Waals surface area contributed by atoms with Crippen molar-refractivity contribution in [2.45, 2.75) is 39.3 Å². The molecule has 0 aromatic carbocycles. The molecule has 0 aliphatic rings. The predicted molar refractivity (Wildman–Crippen MR) is 69.1 cm³/mol. The van der Waals surface area contributed by atoms with Gasteiger partial charge in [0.2, 0.25) is 0 Å². The Hall–Kier alpha value is -1.62. The van der Waals surface area contributed by atoms with Gasteiger partial charge in [-0.3, -0.25) is 0 Å². The van der Waals surface area contributed by atoms with Gasteiger partial charge < -0.3 is 14.2 Å². The first-order valence-corrected chi connectivity index (χ1v) is 6.30. The molecule has 5 heteroatoms. The molecule has 5 nitrogen and oxygen atoms in total. The van der Waals surface area contributed by atoms with Crippen molar-refractivity contribution in [3.63, 3.8) is 0 Å². The molecule has 0 aliphatic carbocycles. The Morgan fingerprint density at radius 2 is 2.17 bits per heavy atom. The summed E-state index contributed by atoms with van der Waals surface area (Å²) >= 11 is 0. The van der Waals surface area contributed by atoms with E-state index < -0.39 is 0 Å². The Bertz CT molecular complexity index is 515. The van der Waals surface area contributed by atoms with Crippen molar-refractivity contribution in [2.75, 3.05) is 0 Å². The van der Waals surface area contributed by atoms with Crippen molar-refractivity contribution in [3.8, 4) is 0 Å². The number of nitrogens with zero attached hydrogens (tertiary/aromatic N) is 4. The van der Waals surface area contributed by atoms with Crippen LogP contribution in [0.3, 0.4) is 0 Å². The normalized spacial score (nSPS) is 12.9. The number of aryl methyl sites for hydroxylation is 1. The van der Waals surface area contributed by atoms with E-state index in [9.17, 15) is 5.11 Å². The van der Waals surface area contributed by atoms with E-state index >= 15 is 0 Å². The molecule has 0 bridgehead atoms. The van der Waals surface area contributed by atoms with Gasteiger partial charge in [0.05, 0.1) is 12.6 Å². The highest BCUT2D eigenvalue weighted by Crippen LogP contribution is 2.18. The highest BCUT2D eigenvalue weighted by molar-refractivity contribution is 5.14. The summed E-state index contributed by atoms with van der Waals surface area (Å²) in [5, 5.41) is 18.1. The molecule has 0 saturated carbocycles. The fourth-order valence-corrected chi connectivity index (χ4v) is 1.95. The lowest BCUT2D eigenvalue weighted by molar-refractivity contribution is 0.166. The molecular formula is C13H20N4O. The molecule has 0 saturated heterocycles. The summed E-state index contributed by atoms with van der Waals surface area (Å²) in [5.74, 6) is 1.82.